The molecule has 6 heteroatoms. The van der Waals surface area contributed by atoms with Crippen LogP contribution in [0.3, 0.4) is 0 Å². The van der Waals surface area contributed by atoms with Gasteiger partial charge in [-0.25, -0.2) is 13.6 Å². The number of hydrogen-bond donors (Lipinski definition) is 2. The van der Waals surface area contributed by atoms with Crippen molar-refractivity contribution in [3.05, 3.63) is 83.9 Å². The van der Waals surface area contributed by atoms with E-state index in [-0.39, 0.29) is 12.4 Å². The number of carbonyl (C=O) groups excluding carboxylic acids is 1. The Morgan fingerprint density at radius 3 is 2.08 bits per heavy atom. The van der Waals surface area contributed by atoms with Gasteiger partial charge in [-0.15, -0.1) is 0 Å². The Kier molecular flexibility index (Phi) is 6.03. The number of alkyl carbamates (subject to hydrolysis) is 1. The summed E-state index contributed by atoms with van der Waals surface area (Å²) in [6.07, 6.45) is 0.758. The molecule has 0 aliphatic heterocycles. The first-order valence-corrected chi connectivity index (χ1v) is 7.32. The quantitative estimate of drug-likeness (QED) is 0.794. The summed E-state index contributed by atoms with van der Waals surface area (Å²) in [5, 5.41) is 2.65. The van der Waals surface area contributed by atoms with Crippen LogP contribution in [0.2, 0.25) is 0 Å². The molecule has 24 heavy (non-hydrogen) atoms. The first kappa shape index (κ1) is 17.6. The Hall–Kier alpha value is -2.73. The minimum absolute atomic E-state index is 0.0494. The van der Waals surface area contributed by atoms with E-state index < -0.39 is 24.0 Å². The van der Waals surface area contributed by atoms with Crippen LogP contribution in [-0.2, 0) is 4.74 Å². The summed E-state index contributed by atoms with van der Waals surface area (Å²) in [6, 6.07) is 9.89. The summed E-state index contributed by atoms with van der Waals surface area (Å²) >= 11 is 0. The zero-order valence-corrected chi connectivity index (χ0v) is 12.9. The van der Waals surface area contributed by atoms with Crippen LogP contribution in [0.5, 0.6) is 0 Å². The summed E-state index contributed by atoms with van der Waals surface area (Å²) in [5.41, 5.74) is 7.45. The molecule has 0 radical (unpaired) electrons. The SMILES string of the molecule is C=CCOC(=O)N[C@@H](c1ccc(F)cc1)[C@H](N)c1ccc(F)cc1. The minimum atomic E-state index is -0.679. The van der Waals surface area contributed by atoms with Crippen molar-refractivity contribution in [2.24, 2.45) is 5.73 Å². The summed E-state index contributed by atoms with van der Waals surface area (Å²) < 4.78 is 31.2. The number of rotatable bonds is 6. The van der Waals surface area contributed by atoms with Gasteiger partial charge in [-0.2, -0.15) is 0 Å². The number of nitrogens with two attached hydrogens (primary N) is 1. The van der Waals surface area contributed by atoms with E-state index in [9.17, 15) is 13.6 Å². The molecular weight excluding hydrogens is 314 g/mol. The Morgan fingerprint density at radius 1 is 1.08 bits per heavy atom. The summed E-state index contributed by atoms with van der Waals surface area (Å²) in [7, 11) is 0. The monoisotopic (exact) mass is 332 g/mol. The fourth-order valence-corrected chi connectivity index (χ4v) is 2.23. The third-order valence-electron chi connectivity index (χ3n) is 3.45. The maximum absolute atomic E-state index is 13.2. The van der Waals surface area contributed by atoms with Gasteiger partial charge in [0.25, 0.3) is 0 Å². The number of ether oxygens (including phenoxy) is 1. The van der Waals surface area contributed by atoms with E-state index in [4.69, 9.17) is 10.5 Å². The van der Waals surface area contributed by atoms with Crippen molar-refractivity contribution in [1.82, 2.24) is 5.32 Å². The molecule has 0 heterocycles. The summed E-state index contributed by atoms with van der Waals surface area (Å²) in [5.74, 6) is -0.787. The smallest absolute Gasteiger partial charge is 0.407 e. The van der Waals surface area contributed by atoms with Crippen molar-refractivity contribution in [3.8, 4) is 0 Å². The predicted molar refractivity (Wildman–Crippen MR) is 87.2 cm³/mol. The highest BCUT2D eigenvalue weighted by atomic mass is 19.1. The number of halogens is 2. The van der Waals surface area contributed by atoms with Crippen LogP contribution in [0.15, 0.2) is 61.2 Å². The number of hydrogen-bond acceptors (Lipinski definition) is 3. The zero-order valence-electron chi connectivity index (χ0n) is 12.9. The van der Waals surface area contributed by atoms with Crippen molar-refractivity contribution >= 4 is 6.09 Å². The van der Waals surface area contributed by atoms with Gasteiger partial charge >= 0.3 is 6.09 Å². The van der Waals surface area contributed by atoms with Crippen LogP contribution in [0.4, 0.5) is 13.6 Å². The molecule has 0 aromatic heterocycles. The van der Waals surface area contributed by atoms with Crippen molar-refractivity contribution in [3.63, 3.8) is 0 Å². The average molecular weight is 332 g/mol. The van der Waals surface area contributed by atoms with Crippen LogP contribution in [0.1, 0.15) is 23.2 Å². The molecule has 0 bridgehead atoms. The second-order valence-corrected chi connectivity index (χ2v) is 5.14. The van der Waals surface area contributed by atoms with Crippen LogP contribution >= 0.6 is 0 Å². The van der Waals surface area contributed by atoms with E-state index in [0.717, 1.165) is 0 Å². The highest BCUT2D eigenvalue weighted by Crippen LogP contribution is 2.27. The number of benzene rings is 2. The van der Waals surface area contributed by atoms with E-state index in [1.165, 1.54) is 54.6 Å². The first-order valence-electron chi connectivity index (χ1n) is 7.32. The Balaban J connectivity index is 2.27. The number of nitrogens with one attached hydrogen (secondary N) is 1. The van der Waals surface area contributed by atoms with E-state index >= 15 is 0 Å². The second kappa shape index (κ2) is 8.21. The molecule has 0 aliphatic carbocycles. The fraction of sp³-hybridized carbons (Fsp3) is 0.167. The van der Waals surface area contributed by atoms with Gasteiger partial charge in [-0.1, -0.05) is 36.9 Å². The topological polar surface area (TPSA) is 64.3 Å². The van der Waals surface area contributed by atoms with E-state index in [0.29, 0.717) is 11.1 Å². The minimum Gasteiger partial charge on any atom is -0.445 e. The van der Waals surface area contributed by atoms with Gasteiger partial charge in [0.15, 0.2) is 0 Å². The highest BCUT2D eigenvalue weighted by molar-refractivity contribution is 5.68. The Bertz CT molecular complexity index is 687. The normalized spacial score (nSPS) is 13.0. The van der Waals surface area contributed by atoms with Crippen molar-refractivity contribution in [2.75, 3.05) is 6.61 Å². The maximum Gasteiger partial charge on any atom is 0.407 e. The Morgan fingerprint density at radius 2 is 1.58 bits per heavy atom. The predicted octanol–water partition coefficient (Wildman–Crippen LogP) is 3.62. The first-order chi connectivity index (χ1) is 11.5. The number of amides is 1. The van der Waals surface area contributed by atoms with Gasteiger partial charge in [-0.3, -0.25) is 0 Å². The van der Waals surface area contributed by atoms with Gasteiger partial charge in [0, 0.05) is 0 Å². The highest BCUT2D eigenvalue weighted by Gasteiger charge is 2.24. The van der Waals surface area contributed by atoms with Crippen LogP contribution in [-0.4, -0.2) is 12.7 Å². The molecule has 2 rings (SSSR count). The Labute approximate surface area is 138 Å². The molecule has 0 spiro atoms. The average Bonchev–Trinajstić information content (AvgIpc) is 2.59. The van der Waals surface area contributed by atoms with E-state index in [1.54, 1.807) is 0 Å². The van der Waals surface area contributed by atoms with E-state index in [1.807, 2.05) is 0 Å². The molecule has 0 aliphatic rings. The molecule has 0 fully saturated rings. The van der Waals surface area contributed by atoms with Crippen molar-refractivity contribution < 1.29 is 18.3 Å². The lowest BCUT2D eigenvalue weighted by molar-refractivity contribution is 0.152. The number of carbonyl (C=O) groups is 1. The largest absolute Gasteiger partial charge is 0.445 e. The summed E-state index contributed by atoms with van der Waals surface area (Å²) in [4.78, 5) is 11.9. The molecule has 0 saturated heterocycles. The van der Waals surface area contributed by atoms with Crippen LogP contribution in [0, 0.1) is 11.6 Å². The second-order valence-electron chi connectivity index (χ2n) is 5.14. The van der Waals surface area contributed by atoms with Crippen molar-refractivity contribution in [1.29, 1.82) is 0 Å². The molecule has 1 amide bonds. The molecule has 126 valence electrons. The molecular formula is C18H18F2N2O2. The molecule has 4 nitrogen and oxygen atoms in total. The lowest BCUT2D eigenvalue weighted by atomic mass is 9.94. The van der Waals surface area contributed by atoms with Gasteiger partial charge < -0.3 is 15.8 Å². The third kappa shape index (κ3) is 4.63. The molecule has 3 N–H and O–H groups in total. The maximum atomic E-state index is 13.2. The summed E-state index contributed by atoms with van der Waals surface area (Å²) in [6.45, 7) is 3.51. The zero-order chi connectivity index (χ0) is 17.5. The molecule has 2 aromatic rings. The van der Waals surface area contributed by atoms with Crippen molar-refractivity contribution in [2.45, 2.75) is 12.1 Å². The molecule has 0 unspecified atom stereocenters. The van der Waals surface area contributed by atoms with Gasteiger partial charge in [0.05, 0.1) is 12.1 Å². The standard InChI is InChI=1S/C18H18F2N2O2/c1-2-11-24-18(23)22-17(13-5-9-15(20)10-6-13)16(21)12-3-7-14(19)8-4-12/h2-10,16-17H,1,11,21H2,(H,22,23)/t16-,17+/m1/s1. The van der Waals surface area contributed by atoms with Gasteiger partial charge in [0.1, 0.15) is 18.2 Å². The lowest BCUT2D eigenvalue weighted by Gasteiger charge is -2.25. The van der Waals surface area contributed by atoms with Gasteiger partial charge in [0.2, 0.25) is 0 Å². The lowest BCUT2D eigenvalue weighted by Crippen LogP contribution is -2.36. The molecule has 2 atom stereocenters. The third-order valence-corrected chi connectivity index (χ3v) is 3.45. The van der Waals surface area contributed by atoms with Gasteiger partial charge in [-0.05, 0) is 35.4 Å². The van der Waals surface area contributed by atoms with E-state index in [2.05, 4.69) is 11.9 Å². The molecule has 0 saturated carbocycles. The van der Waals surface area contributed by atoms with Crippen LogP contribution in [0.25, 0.3) is 0 Å². The molecule has 2 aromatic carbocycles. The fourth-order valence-electron chi connectivity index (χ4n) is 2.23. The van der Waals surface area contributed by atoms with Crippen LogP contribution < -0.4 is 11.1 Å².